The van der Waals surface area contributed by atoms with Gasteiger partial charge in [-0.2, -0.15) is 0 Å². The molecule has 0 aromatic heterocycles. The second-order valence-corrected chi connectivity index (χ2v) is 11.0. The van der Waals surface area contributed by atoms with Crippen molar-refractivity contribution in [3.05, 3.63) is 0 Å². The normalized spacial score (nSPS) is 20.2. The SMILES string of the molecule is CCNC(=NCC(C)(C)CCS(C)(=O)=O)N1CC(C)(C)C1(C)C.I. The number of guanidine groups is 1. The Morgan fingerprint density at radius 3 is 2.17 bits per heavy atom. The molecule has 0 spiro atoms. The zero-order chi connectivity index (χ0) is 18.1. The van der Waals surface area contributed by atoms with Gasteiger partial charge in [0.25, 0.3) is 0 Å². The Bertz CT molecular complexity index is 554. The van der Waals surface area contributed by atoms with Gasteiger partial charge in [0.1, 0.15) is 9.84 Å². The van der Waals surface area contributed by atoms with E-state index in [0.29, 0.717) is 13.0 Å². The maximum absolute atomic E-state index is 11.4. The van der Waals surface area contributed by atoms with E-state index >= 15 is 0 Å². The van der Waals surface area contributed by atoms with Gasteiger partial charge in [0.15, 0.2) is 5.96 Å². The van der Waals surface area contributed by atoms with Gasteiger partial charge in [0.05, 0.1) is 5.75 Å². The van der Waals surface area contributed by atoms with Gasteiger partial charge in [-0.25, -0.2) is 8.42 Å². The monoisotopic (exact) mass is 473 g/mol. The van der Waals surface area contributed by atoms with Gasteiger partial charge in [0, 0.05) is 36.8 Å². The van der Waals surface area contributed by atoms with Crippen molar-refractivity contribution in [1.82, 2.24) is 10.2 Å². The van der Waals surface area contributed by atoms with Crippen molar-refractivity contribution < 1.29 is 8.42 Å². The highest BCUT2D eigenvalue weighted by Crippen LogP contribution is 2.46. The summed E-state index contributed by atoms with van der Waals surface area (Å²) < 4.78 is 22.8. The third-order valence-corrected chi connectivity index (χ3v) is 6.23. The van der Waals surface area contributed by atoms with Crippen LogP contribution in [0, 0.1) is 10.8 Å². The predicted octanol–water partition coefficient (Wildman–Crippen LogP) is 3.15. The third-order valence-electron chi connectivity index (χ3n) is 5.28. The van der Waals surface area contributed by atoms with Crippen LogP contribution in [0.1, 0.15) is 54.9 Å². The standard InChI is InChI=1S/C17H35N3O2S.HI/c1-9-18-14(20-13-16(4,5)17(20,6)7)19-12-15(2,3)10-11-23(8,21)22;/h9-13H2,1-8H3,(H,18,19);1H. The molecular formula is C17H36IN3O2S. The van der Waals surface area contributed by atoms with E-state index < -0.39 is 9.84 Å². The fraction of sp³-hybridized carbons (Fsp3) is 0.941. The Balaban J connectivity index is 0.00000529. The van der Waals surface area contributed by atoms with Crippen LogP contribution in [0.25, 0.3) is 0 Å². The molecule has 0 aromatic rings. The first kappa shape index (κ1) is 23.9. The molecule has 144 valence electrons. The highest BCUT2D eigenvalue weighted by atomic mass is 127. The Labute approximate surface area is 166 Å². The minimum atomic E-state index is -2.92. The first-order chi connectivity index (χ1) is 10.2. The van der Waals surface area contributed by atoms with Gasteiger partial charge in [-0.15, -0.1) is 24.0 Å². The predicted molar refractivity (Wildman–Crippen MR) is 114 cm³/mol. The molecule has 1 N–H and O–H groups in total. The third kappa shape index (κ3) is 6.04. The van der Waals surface area contributed by atoms with Crippen LogP contribution in [0.3, 0.4) is 0 Å². The molecule has 1 rings (SSSR count). The fourth-order valence-corrected chi connectivity index (χ4v) is 3.55. The molecule has 24 heavy (non-hydrogen) atoms. The average molecular weight is 473 g/mol. The number of hydrogen-bond donors (Lipinski definition) is 1. The Morgan fingerprint density at radius 2 is 1.79 bits per heavy atom. The zero-order valence-electron chi connectivity index (χ0n) is 16.6. The molecule has 0 aliphatic carbocycles. The summed E-state index contributed by atoms with van der Waals surface area (Å²) in [7, 11) is -2.92. The van der Waals surface area contributed by atoms with Gasteiger partial charge in [-0.05, 0) is 32.6 Å². The lowest BCUT2D eigenvalue weighted by Gasteiger charge is -2.62. The summed E-state index contributed by atoms with van der Waals surface area (Å²) in [6.45, 7) is 17.7. The van der Waals surface area contributed by atoms with E-state index in [0.717, 1.165) is 19.0 Å². The molecule has 1 heterocycles. The van der Waals surface area contributed by atoms with E-state index in [1.54, 1.807) is 0 Å². The number of rotatable bonds is 6. The molecule has 0 aromatic carbocycles. The van der Waals surface area contributed by atoms with Crippen LogP contribution in [-0.4, -0.2) is 56.5 Å². The van der Waals surface area contributed by atoms with Crippen LogP contribution in [0.4, 0.5) is 0 Å². The quantitative estimate of drug-likeness (QED) is 0.366. The lowest BCUT2D eigenvalue weighted by Crippen LogP contribution is -2.72. The number of aliphatic imine (C=N–C) groups is 1. The maximum atomic E-state index is 11.4. The number of nitrogens with one attached hydrogen (secondary N) is 1. The fourth-order valence-electron chi connectivity index (χ4n) is 2.62. The molecule has 1 aliphatic heterocycles. The largest absolute Gasteiger partial charge is 0.356 e. The molecule has 0 amide bonds. The minimum Gasteiger partial charge on any atom is -0.356 e. The van der Waals surface area contributed by atoms with Crippen LogP contribution in [0.2, 0.25) is 0 Å². The minimum absolute atomic E-state index is 0. The van der Waals surface area contributed by atoms with E-state index in [9.17, 15) is 8.42 Å². The molecule has 7 heteroatoms. The van der Waals surface area contributed by atoms with Crippen LogP contribution >= 0.6 is 24.0 Å². The molecule has 0 atom stereocenters. The number of halogens is 1. The van der Waals surface area contributed by atoms with Crippen LogP contribution < -0.4 is 5.32 Å². The lowest BCUT2D eigenvalue weighted by atomic mass is 9.65. The summed E-state index contributed by atoms with van der Waals surface area (Å²) in [6.07, 6.45) is 1.92. The van der Waals surface area contributed by atoms with Crippen molar-refractivity contribution in [1.29, 1.82) is 0 Å². The van der Waals surface area contributed by atoms with Gasteiger partial charge >= 0.3 is 0 Å². The number of sulfone groups is 1. The van der Waals surface area contributed by atoms with Gasteiger partial charge in [-0.3, -0.25) is 4.99 Å². The zero-order valence-corrected chi connectivity index (χ0v) is 19.7. The summed E-state index contributed by atoms with van der Waals surface area (Å²) in [4.78, 5) is 7.13. The van der Waals surface area contributed by atoms with Crippen molar-refractivity contribution in [2.24, 2.45) is 15.8 Å². The number of likely N-dealkylation sites (tertiary alicyclic amines) is 1. The van der Waals surface area contributed by atoms with Gasteiger partial charge < -0.3 is 10.2 Å². The first-order valence-electron chi connectivity index (χ1n) is 8.45. The first-order valence-corrected chi connectivity index (χ1v) is 10.5. The van der Waals surface area contributed by atoms with E-state index in [4.69, 9.17) is 4.99 Å². The molecule has 1 saturated heterocycles. The van der Waals surface area contributed by atoms with Crippen molar-refractivity contribution in [3.8, 4) is 0 Å². The topological polar surface area (TPSA) is 61.8 Å². The highest BCUT2D eigenvalue weighted by Gasteiger charge is 2.53. The Hall–Kier alpha value is -0.0500. The summed E-state index contributed by atoms with van der Waals surface area (Å²) >= 11 is 0. The highest BCUT2D eigenvalue weighted by molar-refractivity contribution is 14.0. The molecule has 0 radical (unpaired) electrons. The molecule has 1 aliphatic rings. The van der Waals surface area contributed by atoms with Crippen LogP contribution in [0.5, 0.6) is 0 Å². The van der Waals surface area contributed by atoms with Crippen molar-refractivity contribution in [2.75, 3.05) is 31.6 Å². The molecule has 5 nitrogen and oxygen atoms in total. The van der Waals surface area contributed by atoms with E-state index in [2.05, 4.69) is 58.7 Å². The summed E-state index contributed by atoms with van der Waals surface area (Å²) in [5, 5.41) is 3.38. The van der Waals surface area contributed by atoms with E-state index in [1.165, 1.54) is 6.26 Å². The smallest absolute Gasteiger partial charge is 0.194 e. The molecule has 0 saturated carbocycles. The van der Waals surface area contributed by atoms with E-state index in [1.807, 2.05) is 0 Å². The van der Waals surface area contributed by atoms with E-state index in [-0.39, 0.29) is 46.1 Å². The Morgan fingerprint density at radius 1 is 1.25 bits per heavy atom. The van der Waals surface area contributed by atoms with Gasteiger partial charge in [-0.1, -0.05) is 27.7 Å². The molecular weight excluding hydrogens is 437 g/mol. The maximum Gasteiger partial charge on any atom is 0.194 e. The van der Waals surface area contributed by atoms with Crippen molar-refractivity contribution in [3.63, 3.8) is 0 Å². The molecule has 1 fully saturated rings. The van der Waals surface area contributed by atoms with Crippen LogP contribution in [-0.2, 0) is 9.84 Å². The van der Waals surface area contributed by atoms with Crippen molar-refractivity contribution >= 4 is 39.8 Å². The second kappa shape index (κ2) is 8.10. The molecule has 0 bridgehead atoms. The lowest BCUT2D eigenvalue weighted by molar-refractivity contribution is -0.0668. The second-order valence-electron chi connectivity index (χ2n) is 8.74. The summed E-state index contributed by atoms with van der Waals surface area (Å²) in [5.41, 5.74) is 0.189. The Kier molecular flexibility index (Phi) is 8.08. The van der Waals surface area contributed by atoms with Crippen molar-refractivity contribution in [2.45, 2.75) is 60.4 Å². The van der Waals surface area contributed by atoms with Crippen LogP contribution in [0.15, 0.2) is 4.99 Å². The summed E-state index contributed by atoms with van der Waals surface area (Å²) in [5.74, 6) is 1.15. The summed E-state index contributed by atoms with van der Waals surface area (Å²) in [6, 6.07) is 0. The number of hydrogen-bond acceptors (Lipinski definition) is 3. The molecule has 0 unspecified atom stereocenters. The number of nitrogens with zero attached hydrogens (tertiary/aromatic N) is 2. The average Bonchev–Trinajstić information content (AvgIpc) is 2.38. The van der Waals surface area contributed by atoms with Gasteiger partial charge in [0.2, 0.25) is 0 Å².